The predicted octanol–water partition coefficient (Wildman–Crippen LogP) is 3.27. The highest BCUT2D eigenvalue weighted by atomic mass is 19.1. The first-order chi connectivity index (χ1) is 9.67. The maximum absolute atomic E-state index is 13.3. The molecule has 0 spiro atoms. The third-order valence-corrected chi connectivity index (χ3v) is 2.96. The maximum atomic E-state index is 13.3. The number of amides is 1. The van der Waals surface area contributed by atoms with Crippen molar-refractivity contribution in [3.8, 4) is 0 Å². The molecule has 1 aromatic carbocycles. The molecule has 0 N–H and O–H groups in total. The highest BCUT2D eigenvalue weighted by molar-refractivity contribution is 6.07. The van der Waals surface area contributed by atoms with Crippen molar-refractivity contribution in [1.82, 2.24) is 4.57 Å². The quantitative estimate of drug-likeness (QED) is 0.363. The Labute approximate surface area is 114 Å². The summed E-state index contributed by atoms with van der Waals surface area (Å²) < 4.78 is 20.1. The highest BCUT2D eigenvalue weighted by Gasteiger charge is 2.14. The molecule has 2 rings (SSSR count). The lowest BCUT2D eigenvalue weighted by Gasteiger charge is -2.04. The van der Waals surface area contributed by atoms with Crippen LogP contribution in [0.15, 0.2) is 29.5 Å². The van der Waals surface area contributed by atoms with E-state index in [0.717, 1.165) is 11.9 Å². The number of rotatable bonds is 5. The number of azide groups is 1. The Morgan fingerprint density at radius 1 is 1.55 bits per heavy atom. The molecule has 0 radical (unpaired) electrons. The number of hydrogen-bond acceptors (Lipinski definition) is 2. The Balaban J connectivity index is 2.48. The Kier molecular flexibility index (Phi) is 4.34. The second-order valence-corrected chi connectivity index (χ2v) is 4.24. The number of carbonyl (C=O) groups is 1. The summed E-state index contributed by atoms with van der Waals surface area (Å²) in [6, 6.07) is 4.20. The molecule has 6 nitrogen and oxygen atoms in total. The average molecular weight is 276 g/mol. The van der Waals surface area contributed by atoms with Gasteiger partial charge in [-0.1, -0.05) is 0 Å². The lowest BCUT2D eigenvalue weighted by Crippen LogP contribution is -2.00. The number of halogens is 1. The molecule has 1 amide bonds. The third kappa shape index (κ3) is 2.79. The molecule has 7 heteroatoms. The molecule has 1 heterocycles. The summed E-state index contributed by atoms with van der Waals surface area (Å²) >= 11 is 0. The van der Waals surface area contributed by atoms with Gasteiger partial charge in [0.1, 0.15) is 5.82 Å². The van der Waals surface area contributed by atoms with Crippen molar-refractivity contribution in [3.05, 3.63) is 46.2 Å². The molecular weight excluding hydrogens is 263 g/mol. The number of aromatic nitrogens is 1. The number of carbonyl (C=O) groups excluding carboxylic acids is 1. The van der Waals surface area contributed by atoms with Crippen LogP contribution in [0.5, 0.6) is 0 Å². The van der Waals surface area contributed by atoms with E-state index in [0.29, 0.717) is 18.5 Å². The van der Waals surface area contributed by atoms with Gasteiger partial charge in [0, 0.05) is 42.3 Å². The van der Waals surface area contributed by atoms with Gasteiger partial charge < -0.3 is 9.30 Å². The number of ether oxygens (including phenoxy) is 1. The summed E-state index contributed by atoms with van der Waals surface area (Å²) in [5, 5.41) is 3.51. The number of hydrogen-bond donors (Lipinski definition) is 0. The van der Waals surface area contributed by atoms with E-state index in [1.54, 1.807) is 19.4 Å². The van der Waals surface area contributed by atoms with E-state index in [4.69, 9.17) is 10.3 Å². The fourth-order valence-corrected chi connectivity index (χ4v) is 2.10. The second-order valence-electron chi connectivity index (χ2n) is 4.24. The summed E-state index contributed by atoms with van der Waals surface area (Å²) in [5.41, 5.74) is 9.27. The number of aryl methyl sites for hydroxylation is 1. The Hall–Kier alpha value is -2.37. The molecule has 0 bridgehead atoms. The molecule has 0 saturated carbocycles. The summed E-state index contributed by atoms with van der Waals surface area (Å²) in [6.45, 7) is 1.21. The van der Waals surface area contributed by atoms with Gasteiger partial charge in [0.05, 0.1) is 5.56 Å². The van der Waals surface area contributed by atoms with Gasteiger partial charge in [0.25, 0.3) is 5.91 Å². The molecule has 2 aromatic rings. The van der Waals surface area contributed by atoms with Gasteiger partial charge in [0.15, 0.2) is 0 Å². The maximum Gasteiger partial charge on any atom is 0.251 e. The standard InChI is InChI=1S/C13H13FN4O2/c1-20-6-2-5-18-8-11(13(19)16-17-15)10-7-9(14)3-4-12(10)18/h3-4,7-8H,2,5-6H2,1H3. The minimum atomic E-state index is -0.714. The lowest BCUT2D eigenvalue weighted by atomic mass is 10.1. The third-order valence-electron chi connectivity index (χ3n) is 2.96. The Morgan fingerprint density at radius 3 is 3.05 bits per heavy atom. The average Bonchev–Trinajstić information content (AvgIpc) is 2.77. The van der Waals surface area contributed by atoms with Crippen molar-refractivity contribution in [1.29, 1.82) is 0 Å². The first-order valence-corrected chi connectivity index (χ1v) is 6.04. The van der Waals surface area contributed by atoms with E-state index < -0.39 is 11.7 Å². The molecular formula is C13H13FN4O2. The number of benzene rings is 1. The monoisotopic (exact) mass is 276 g/mol. The van der Waals surface area contributed by atoms with Crippen LogP contribution in [-0.2, 0) is 11.3 Å². The molecule has 0 fully saturated rings. The van der Waals surface area contributed by atoms with Gasteiger partial charge >= 0.3 is 0 Å². The van der Waals surface area contributed by atoms with Crippen molar-refractivity contribution in [2.75, 3.05) is 13.7 Å². The van der Waals surface area contributed by atoms with Gasteiger partial charge in [0.2, 0.25) is 0 Å². The second kappa shape index (κ2) is 6.18. The van der Waals surface area contributed by atoms with Crippen LogP contribution in [0.1, 0.15) is 16.8 Å². The molecule has 0 aliphatic rings. The first kappa shape index (κ1) is 14.0. The van der Waals surface area contributed by atoms with Crippen LogP contribution in [0.25, 0.3) is 21.3 Å². The molecule has 0 aliphatic carbocycles. The van der Waals surface area contributed by atoms with Crippen molar-refractivity contribution < 1.29 is 13.9 Å². The van der Waals surface area contributed by atoms with Gasteiger partial charge in [-0.25, -0.2) is 4.39 Å². The van der Waals surface area contributed by atoms with Crippen LogP contribution in [-0.4, -0.2) is 24.2 Å². The molecule has 0 atom stereocenters. The van der Waals surface area contributed by atoms with E-state index in [-0.39, 0.29) is 5.56 Å². The van der Waals surface area contributed by atoms with Crippen LogP contribution >= 0.6 is 0 Å². The number of methoxy groups -OCH3 is 1. The fourth-order valence-electron chi connectivity index (χ4n) is 2.10. The zero-order chi connectivity index (χ0) is 14.5. The van der Waals surface area contributed by atoms with Gasteiger partial charge in [-0.2, -0.15) is 0 Å². The van der Waals surface area contributed by atoms with Crippen LogP contribution < -0.4 is 0 Å². The summed E-state index contributed by atoms with van der Waals surface area (Å²) in [4.78, 5) is 14.2. The van der Waals surface area contributed by atoms with Crippen LogP contribution in [0, 0.1) is 5.82 Å². The van der Waals surface area contributed by atoms with E-state index in [1.165, 1.54) is 12.1 Å². The largest absolute Gasteiger partial charge is 0.385 e. The molecule has 0 aliphatic heterocycles. The summed E-state index contributed by atoms with van der Waals surface area (Å²) in [5.74, 6) is -1.16. The topological polar surface area (TPSA) is 80.0 Å². The molecule has 0 unspecified atom stereocenters. The predicted molar refractivity (Wildman–Crippen MR) is 71.9 cm³/mol. The normalized spacial score (nSPS) is 10.5. The smallest absolute Gasteiger partial charge is 0.251 e. The zero-order valence-electron chi connectivity index (χ0n) is 10.9. The number of nitrogens with zero attached hydrogens (tertiary/aromatic N) is 4. The minimum absolute atomic E-state index is 0.203. The molecule has 1 aromatic heterocycles. The minimum Gasteiger partial charge on any atom is -0.385 e. The Morgan fingerprint density at radius 2 is 2.35 bits per heavy atom. The highest BCUT2D eigenvalue weighted by Crippen LogP contribution is 2.23. The SMILES string of the molecule is COCCCn1cc(C(=O)N=[N+]=[N-])c2cc(F)ccc21. The molecule has 104 valence electrons. The van der Waals surface area contributed by atoms with Crippen molar-refractivity contribution in [2.45, 2.75) is 13.0 Å². The first-order valence-electron chi connectivity index (χ1n) is 6.04. The van der Waals surface area contributed by atoms with Crippen LogP contribution in [0.2, 0.25) is 0 Å². The van der Waals surface area contributed by atoms with Crippen LogP contribution in [0.4, 0.5) is 4.39 Å². The van der Waals surface area contributed by atoms with Gasteiger partial charge in [-0.05, 0) is 35.3 Å². The molecule has 20 heavy (non-hydrogen) atoms. The van der Waals surface area contributed by atoms with Crippen LogP contribution in [0.3, 0.4) is 0 Å². The molecule has 0 saturated heterocycles. The van der Waals surface area contributed by atoms with E-state index >= 15 is 0 Å². The van der Waals surface area contributed by atoms with Crippen molar-refractivity contribution in [3.63, 3.8) is 0 Å². The van der Waals surface area contributed by atoms with E-state index in [1.807, 2.05) is 4.57 Å². The summed E-state index contributed by atoms with van der Waals surface area (Å²) in [6.07, 6.45) is 2.34. The summed E-state index contributed by atoms with van der Waals surface area (Å²) in [7, 11) is 1.61. The zero-order valence-corrected chi connectivity index (χ0v) is 10.9. The van der Waals surface area contributed by atoms with Gasteiger partial charge in [-0.15, -0.1) is 0 Å². The van der Waals surface area contributed by atoms with Crippen molar-refractivity contribution >= 4 is 16.8 Å². The Bertz CT molecular complexity index is 689. The van der Waals surface area contributed by atoms with E-state index in [2.05, 4.69) is 10.0 Å². The van der Waals surface area contributed by atoms with E-state index in [9.17, 15) is 9.18 Å². The lowest BCUT2D eigenvalue weighted by molar-refractivity contribution is 0.100. The fraction of sp³-hybridized carbons (Fsp3) is 0.308. The number of fused-ring (bicyclic) bond motifs is 1. The van der Waals surface area contributed by atoms with Crippen molar-refractivity contribution in [2.24, 2.45) is 5.11 Å². The van der Waals surface area contributed by atoms with Gasteiger partial charge in [-0.3, -0.25) is 4.79 Å².